The van der Waals surface area contributed by atoms with Crippen LogP contribution in [0.1, 0.15) is 26.7 Å². The summed E-state index contributed by atoms with van der Waals surface area (Å²) < 4.78 is 33.3. The molecule has 0 spiro atoms. The number of ether oxygens (including phenoxy) is 2. The largest absolute Gasteiger partial charge is 0.382 e. The van der Waals surface area contributed by atoms with Gasteiger partial charge in [0, 0.05) is 33.0 Å². The molecule has 116 valence electrons. The fourth-order valence-corrected chi connectivity index (χ4v) is 2.81. The Kier molecular flexibility index (Phi) is 13.1. The van der Waals surface area contributed by atoms with Crippen LogP contribution in [0.15, 0.2) is 0 Å². The van der Waals surface area contributed by atoms with E-state index in [1.54, 1.807) is 0 Å². The Morgan fingerprint density at radius 3 is 1.74 bits per heavy atom. The lowest BCUT2D eigenvalue weighted by atomic mass is 10.5. The first-order valence-corrected chi connectivity index (χ1v) is 8.65. The third-order valence-electron chi connectivity index (χ3n) is 2.25. The topological polar surface area (TPSA) is 80.0 Å². The summed E-state index contributed by atoms with van der Waals surface area (Å²) in [5, 5.41) is 0. The molecular weight excluding hydrogens is 269 g/mol. The highest BCUT2D eigenvalue weighted by Crippen LogP contribution is 2.47. The van der Waals surface area contributed by atoms with Gasteiger partial charge in [-0.25, -0.2) is 0 Å². The van der Waals surface area contributed by atoms with Crippen molar-refractivity contribution in [3.63, 3.8) is 0 Å². The van der Waals surface area contributed by atoms with Gasteiger partial charge in [-0.1, -0.05) is 0 Å². The molecular formula is C12H28NO5P. The molecule has 0 fully saturated rings. The standard InChI is InChI=1S/C12H28NO5P/c1-3-15-8-5-10-17-19(14,12-7-13)18-11-6-9-16-4-2/h3-13H2,1-2H3. The third kappa shape index (κ3) is 11.5. The van der Waals surface area contributed by atoms with Gasteiger partial charge >= 0.3 is 7.60 Å². The maximum Gasteiger partial charge on any atom is 0.331 e. The van der Waals surface area contributed by atoms with E-state index in [1.807, 2.05) is 13.8 Å². The second kappa shape index (κ2) is 13.0. The van der Waals surface area contributed by atoms with Crippen LogP contribution < -0.4 is 5.73 Å². The predicted molar refractivity (Wildman–Crippen MR) is 75.7 cm³/mol. The van der Waals surface area contributed by atoms with Gasteiger partial charge in [-0.3, -0.25) is 4.57 Å². The van der Waals surface area contributed by atoms with Gasteiger partial charge in [0.15, 0.2) is 0 Å². The molecule has 0 unspecified atom stereocenters. The first-order valence-electron chi connectivity index (χ1n) is 6.92. The summed E-state index contributed by atoms with van der Waals surface area (Å²) in [5.74, 6) is 0. The van der Waals surface area contributed by atoms with E-state index in [0.29, 0.717) is 52.5 Å². The molecule has 0 bridgehead atoms. The Labute approximate surface area is 116 Å². The summed E-state index contributed by atoms with van der Waals surface area (Å²) in [6.45, 7) is 7.43. The molecule has 0 atom stereocenters. The Morgan fingerprint density at radius 2 is 1.37 bits per heavy atom. The molecule has 19 heavy (non-hydrogen) atoms. The van der Waals surface area contributed by atoms with Gasteiger partial charge in [0.05, 0.1) is 19.4 Å². The smallest absolute Gasteiger partial charge is 0.331 e. The lowest BCUT2D eigenvalue weighted by molar-refractivity contribution is 0.114. The van der Waals surface area contributed by atoms with Crippen LogP contribution >= 0.6 is 7.60 Å². The molecule has 0 rings (SSSR count). The van der Waals surface area contributed by atoms with Crippen LogP contribution in [0.25, 0.3) is 0 Å². The Balaban J connectivity index is 3.80. The second-order valence-electron chi connectivity index (χ2n) is 3.89. The third-order valence-corrected chi connectivity index (χ3v) is 4.21. The van der Waals surface area contributed by atoms with Gasteiger partial charge in [0.2, 0.25) is 0 Å². The van der Waals surface area contributed by atoms with E-state index in [-0.39, 0.29) is 12.7 Å². The van der Waals surface area contributed by atoms with Crippen molar-refractivity contribution in [2.24, 2.45) is 5.73 Å². The zero-order valence-electron chi connectivity index (χ0n) is 12.1. The van der Waals surface area contributed by atoms with Crippen molar-refractivity contribution in [2.45, 2.75) is 26.7 Å². The minimum absolute atomic E-state index is 0.246. The van der Waals surface area contributed by atoms with Gasteiger partial charge in [-0.2, -0.15) is 0 Å². The molecule has 2 N–H and O–H groups in total. The second-order valence-corrected chi connectivity index (χ2v) is 6.08. The van der Waals surface area contributed by atoms with E-state index >= 15 is 0 Å². The normalized spacial score (nSPS) is 11.9. The quantitative estimate of drug-likeness (QED) is 0.390. The Morgan fingerprint density at radius 1 is 0.895 bits per heavy atom. The maximum absolute atomic E-state index is 12.3. The lowest BCUT2D eigenvalue weighted by Crippen LogP contribution is -2.12. The molecule has 0 heterocycles. The Bertz CT molecular complexity index is 222. The van der Waals surface area contributed by atoms with E-state index in [9.17, 15) is 4.57 Å². The van der Waals surface area contributed by atoms with Gasteiger partial charge in [-0.05, 0) is 26.7 Å². The van der Waals surface area contributed by atoms with Gasteiger partial charge in [0.25, 0.3) is 0 Å². The number of hydrogen-bond acceptors (Lipinski definition) is 6. The molecule has 0 aromatic carbocycles. The van der Waals surface area contributed by atoms with Crippen LogP contribution in [0, 0.1) is 0 Å². The van der Waals surface area contributed by atoms with Crippen LogP contribution in [-0.2, 0) is 23.1 Å². The molecule has 0 aliphatic carbocycles. The highest BCUT2D eigenvalue weighted by molar-refractivity contribution is 7.53. The van der Waals surface area contributed by atoms with Crippen LogP contribution in [0.4, 0.5) is 0 Å². The molecule has 0 saturated heterocycles. The molecule has 0 aliphatic heterocycles. The molecule has 7 heteroatoms. The lowest BCUT2D eigenvalue weighted by Gasteiger charge is -2.18. The highest BCUT2D eigenvalue weighted by atomic mass is 31.2. The summed E-state index contributed by atoms with van der Waals surface area (Å²) in [6, 6.07) is 0. The van der Waals surface area contributed by atoms with E-state index in [1.165, 1.54) is 0 Å². The fraction of sp³-hybridized carbons (Fsp3) is 1.00. The van der Waals surface area contributed by atoms with Gasteiger partial charge in [0.1, 0.15) is 0 Å². The summed E-state index contributed by atoms with van der Waals surface area (Å²) >= 11 is 0. The maximum atomic E-state index is 12.3. The zero-order valence-corrected chi connectivity index (χ0v) is 13.0. The minimum Gasteiger partial charge on any atom is -0.382 e. The first kappa shape index (κ1) is 19.0. The van der Waals surface area contributed by atoms with Gasteiger partial charge in [-0.15, -0.1) is 0 Å². The van der Waals surface area contributed by atoms with Crippen molar-refractivity contribution in [3.05, 3.63) is 0 Å². The minimum atomic E-state index is -3.05. The summed E-state index contributed by atoms with van der Waals surface area (Å²) in [7, 11) is -3.05. The number of hydrogen-bond donors (Lipinski definition) is 1. The van der Waals surface area contributed by atoms with Crippen LogP contribution in [-0.4, -0.2) is 52.3 Å². The van der Waals surface area contributed by atoms with Crippen molar-refractivity contribution in [2.75, 3.05) is 52.3 Å². The van der Waals surface area contributed by atoms with E-state index < -0.39 is 7.60 Å². The molecule has 0 radical (unpaired) electrons. The average molecular weight is 297 g/mol. The zero-order chi connectivity index (χ0) is 14.4. The number of rotatable bonds is 14. The van der Waals surface area contributed by atoms with E-state index in [0.717, 1.165) is 0 Å². The molecule has 0 aromatic rings. The monoisotopic (exact) mass is 297 g/mol. The van der Waals surface area contributed by atoms with Crippen molar-refractivity contribution in [1.82, 2.24) is 0 Å². The number of nitrogens with two attached hydrogens (primary N) is 1. The molecule has 0 aliphatic rings. The highest BCUT2D eigenvalue weighted by Gasteiger charge is 2.23. The molecule has 0 aromatic heterocycles. The van der Waals surface area contributed by atoms with Crippen LogP contribution in [0.2, 0.25) is 0 Å². The fourth-order valence-electron chi connectivity index (χ4n) is 1.34. The molecule has 0 amide bonds. The molecule has 0 saturated carbocycles. The summed E-state index contributed by atoms with van der Waals surface area (Å²) in [5.41, 5.74) is 5.44. The van der Waals surface area contributed by atoms with Crippen LogP contribution in [0.5, 0.6) is 0 Å². The van der Waals surface area contributed by atoms with Gasteiger partial charge < -0.3 is 24.3 Å². The molecule has 6 nitrogen and oxygen atoms in total. The van der Waals surface area contributed by atoms with E-state index in [2.05, 4.69) is 0 Å². The average Bonchev–Trinajstić information content (AvgIpc) is 2.39. The Hall–Kier alpha value is 0.0300. The van der Waals surface area contributed by atoms with Crippen molar-refractivity contribution >= 4 is 7.60 Å². The van der Waals surface area contributed by atoms with Crippen molar-refractivity contribution in [1.29, 1.82) is 0 Å². The SMILES string of the molecule is CCOCCCOP(=O)(CCN)OCCCOCC. The summed E-state index contributed by atoms with van der Waals surface area (Å²) in [4.78, 5) is 0. The van der Waals surface area contributed by atoms with Crippen molar-refractivity contribution < 1.29 is 23.1 Å². The first-order chi connectivity index (χ1) is 9.18. The van der Waals surface area contributed by atoms with Crippen molar-refractivity contribution in [3.8, 4) is 0 Å². The predicted octanol–water partition coefficient (Wildman–Crippen LogP) is 2.02. The van der Waals surface area contributed by atoms with Crippen LogP contribution in [0.3, 0.4) is 0 Å². The summed E-state index contributed by atoms with van der Waals surface area (Å²) in [6.07, 6.45) is 1.64. The van der Waals surface area contributed by atoms with E-state index in [4.69, 9.17) is 24.3 Å².